The Balaban J connectivity index is 1.31. The van der Waals surface area contributed by atoms with E-state index in [1.165, 1.54) is 11.1 Å². The van der Waals surface area contributed by atoms with Gasteiger partial charge in [-0.15, -0.1) is 0 Å². The van der Waals surface area contributed by atoms with Crippen LogP contribution in [0, 0.1) is 0 Å². The van der Waals surface area contributed by atoms with E-state index in [9.17, 15) is 5.11 Å². The minimum Gasteiger partial charge on any atom is -0.507 e. The maximum Gasteiger partial charge on any atom is 0.231 e. The molecular formula is C52H48N2O2. The van der Waals surface area contributed by atoms with Crippen LogP contribution in [0.1, 0.15) is 76.3 Å². The van der Waals surface area contributed by atoms with Gasteiger partial charge in [-0.1, -0.05) is 164 Å². The zero-order valence-corrected chi connectivity index (χ0v) is 33.3. The van der Waals surface area contributed by atoms with Crippen LogP contribution in [0.5, 0.6) is 5.75 Å². The Bertz CT molecular complexity index is 2670. The summed E-state index contributed by atoms with van der Waals surface area (Å²) >= 11 is 0. The van der Waals surface area contributed by atoms with Crippen molar-refractivity contribution in [3.05, 3.63) is 186 Å². The van der Waals surface area contributed by atoms with Crippen LogP contribution in [-0.4, -0.2) is 15.1 Å². The van der Waals surface area contributed by atoms with Gasteiger partial charge in [0.2, 0.25) is 5.89 Å². The summed E-state index contributed by atoms with van der Waals surface area (Å²) in [5, 5.41) is 11.9. The number of aromatic nitrogens is 2. The van der Waals surface area contributed by atoms with Crippen LogP contribution in [0.25, 0.3) is 56.1 Å². The van der Waals surface area contributed by atoms with Crippen LogP contribution in [0.2, 0.25) is 0 Å². The SMILES string of the molecule is CC(C)(C)c1cc(C(C)(C)c2ccccc2)cc(-c2nc3c(-c4cc(-c5cc(-c6ccccc6)ccn5)cc(C(C)(C)c5ccccc5)c4)cccc3o2)c1O. The van der Waals surface area contributed by atoms with Gasteiger partial charge in [-0.25, -0.2) is 4.98 Å². The van der Waals surface area contributed by atoms with E-state index in [1.54, 1.807) is 0 Å². The van der Waals surface area contributed by atoms with Crippen molar-refractivity contribution in [2.24, 2.45) is 0 Å². The van der Waals surface area contributed by atoms with Crippen molar-refractivity contribution in [3.8, 4) is 50.7 Å². The number of phenols is 1. The summed E-state index contributed by atoms with van der Waals surface area (Å²) in [7, 11) is 0. The van der Waals surface area contributed by atoms with Crippen molar-refractivity contribution < 1.29 is 9.52 Å². The monoisotopic (exact) mass is 732 g/mol. The second-order valence-corrected chi connectivity index (χ2v) is 16.9. The van der Waals surface area contributed by atoms with E-state index < -0.39 is 0 Å². The molecule has 8 aromatic rings. The number of nitrogens with zero attached hydrogens (tertiary/aromatic N) is 2. The van der Waals surface area contributed by atoms with E-state index >= 15 is 0 Å². The lowest BCUT2D eigenvalue weighted by molar-refractivity contribution is 0.444. The van der Waals surface area contributed by atoms with E-state index in [0.29, 0.717) is 17.0 Å². The van der Waals surface area contributed by atoms with Crippen LogP contribution in [-0.2, 0) is 16.2 Å². The Morgan fingerprint density at radius 3 is 1.70 bits per heavy atom. The number of pyridine rings is 1. The van der Waals surface area contributed by atoms with Crippen molar-refractivity contribution in [2.45, 2.75) is 64.7 Å². The third-order valence-corrected chi connectivity index (χ3v) is 11.4. The van der Waals surface area contributed by atoms with Crippen LogP contribution < -0.4 is 0 Å². The van der Waals surface area contributed by atoms with Gasteiger partial charge in [0.25, 0.3) is 0 Å². The molecule has 56 heavy (non-hydrogen) atoms. The van der Waals surface area contributed by atoms with E-state index in [1.807, 2.05) is 30.5 Å². The minimum atomic E-state index is -0.338. The number of hydrogen-bond donors (Lipinski definition) is 1. The summed E-state index contributed by atoms with van der Waals surface area (Å²) in [5.74, 6) is 0.580. The van der Waals surface area contributed by atoms with Gasteiger partial charge in [0.1, 0.15) is 11.3 Å². The first kappa shape index (κ1) is 36.7. The Labute approximate surface area is 330 Å². The molecule has 0 saturated carbocycles. The Kier molecular flexibility index (Phi) is 9.25. The van der Waals surface area contributed by atoms with Gasteiger partial charge in [0.05, 0.1) is 11.3 Å². The predicted molar refractivity (Wildman–Crippen MR) is 231 cm³/mol. The average molecular weight is 733 g/mol. The summed E-state index contributed by atoms with van der Waals surface area (Å²) in [5.41, 5.74) is 12.6. The van der Waals surface area contributed by atoms with Crippen LogP contribution in [0.3, 0.4) is 0 Å². The van der Waals surface area contributed by atoms with Gasteiger partial charge >= 0.3 is 0 Å². The largest absolute Gasteiger partial charge is 0.507 e. The van der Waals surface area contributed by atoms with Crippen molar-refractivity contribution in [1.29, 1.82) is 0 Å². The quantitative estimate of drug-likeness (QED) is 0.169. The maximum absolute atomic E-state index is 11.9. The molecule has 4 nitrogen and oxygen atoms in total. The first-order valence-corrected chi connectivity index (χ1v) is 19.4. The Morgan fingerprint density at radius 2 is 1.07 bits per heavy atom. The van der Waals surface area contributed by atoms with Gasteiger partial charge in [0.15, 0.2) is 5.58 Å². The highest BCUT2D eigenvalue weighted by molar-refractivity contribution is 5.94. The van der Waals surface area contributed by atoms with Crippen molar-refractivity contribution >= 4 is 11.1 Å². The molecule has 0 fully saturated rings. The number of rotatable bonds is 8. The second kappa shape index (κ2) is 14.1. The third-order valence-electron chi connectivity index (χ3n) is 11.4. The zero-order valence-electron chi connectivity index (χ0n) is 33.3. The highest BCUT2D eigenvalue weighted by Crippen LogP contribution is 2.45. The Morgan fingerprint density at radius 1 is 0.482 bits per heavy atom. The van der Waals surface area contributed by atoms with Crippen LogP contribution in [0.15, 0.2) is 162 Å². The first-order valence-electron chi connectivity index (χ1n) is 19.4. The summed E-state index contributed by atoms with van der Waals surface area (Å²) in [6, 6.07) is 52.8. The topological polar surface area (TPSA) is 59.2 Å². The fourth-order valence-electron chi connectivity index (χ4n) is 7.76. The molecule has 0 radical (unpaired) electrons. The van der Waals surface area contributed by atoms with Gasteiger partial charge in [-0.05, 0) is 80.8 Å². The van der Waals surface area contributed by atoms with Crippen molar-refractivity contribution in [3.63, 3.8) is 0 Å². The lowest BCUT2D eigenvalue weighted by Crippen LogP contribution is -2.21. The molecule has 0 aliphatic heterocycles. The molecule has 0 amide bonds. The maximum atomic E-state index is 11.9. The number of hydrogen-bond acceptors (Lipinski definition) is 4. The van der Waals surface area contributed by atoms with Crippen molar-refractivity contribution in [2.75, 3.05) is 0 Å². The van der Waals surface area contributed by atoms with Crippen molar-refractivity contribution in [1.82, 2.24) is 9.97 Å². The lowest BCUT2D eigenvalue weighted by atomic mass is 9.74. The summed E-state index contributed by atoms with van der Waals surface area (Å²) in [4.78, 5) is 10.1. The fraction of sp³-hybridized carbons (Fsp3) is 0.192. The average Bonchev–Trinajstić information content (AvgIpc) is 3.66. The van der Waals surface area contributed by atoms with E-state index in [4.69, 9.17) is 14.4 Å². The molecule has 0 unspecified atom stereocenters. The first-order chi connectivity index (χ1) is 26.8. The second-order valence-electron chi connectivity index (χ2n) is 16.9. The summed E-state index contributed by atoms with van der Waals surface area (Å²) in [6.45, 7) is 15.4. The third kappa shape index (κ3) is 6.81. The smallest absolute Gasteiger partial charge is 0.231 e. The number of benzene rings is 6. The van der Waals surface area contributed by atoms with E-state index in [-0.39, 0.29) is 22.0 Å². The molecule has 2 heterocycles. The normalized spacial score (nSPS) is 12.3. The highest BCUT2D eigenvalue weighted by Gasteiger charge is 2.31. The molecule has 0 aliphatic rings. The molecule has 1 N–H and O–H groups in total. The molecule has 0 atom stereocenters. The Hall–Kier alpha value is -6.26. The molecule has 0 bridgehead atoms. The zero-order chi connectivity index (χ0) is 39.2. The molecule has 2 aromatic heterocycles. The number of phenolic OH excluding ortho intramolecular Hbond substituents is 1. The molecular weight excluding hydrogens is 685 g/mol. The summed E-state index contributed by atoms with van der Waals surface area (Å²) in [6.07, 6.45) is 1.89. The van der Waals surface area contributed by atoms with Gasteiger partial charge in [-0.3, -0.25) is 4.98 Å². The van der Waals surface area contributed by atoms with E-state index in [2.05, 4.69) is 176 Å². The standard InChI is InChI=1S/C52H48N2O2/c1-50(2,3)44-33-41(52(6,7)39-22-15-10-16-23-39)32-43(48(44)55)49-54-47-42(24-17-25-46(47)56-49)36-28-37(30-40(29-36)51(4,5)38-20-13-9-14-21-38)45-31-35(26-27-53-45)34-18-11-8-12-19-34/h8-33,55H,1-7H3. The number of oxazole rings is 1. The number of aromatic hydroxyl groups is 1. The molecule has 0 aliphatic carbocycles. The van der Waals surface area contributed by atoms with Crippen LogP contribution in [0.4, 0.5) is 0 Å². The van der Waals surface area contributed by atoms with E-state index in [0.717, 1.165) is 55.7 Å². The molecule has 4 heteroatoms. The molecule has 6 aromatic carbocycles. The molecule has 8 rings (SSSR count). The molecule has 0 saturated heterocycles. The predicted octanol–water partition coefficient (Wildman–Crippen LogP) is 13.5. The van der Waals surface area contributed by atoms with Gasteiger partial charge in [-0.2, -0.15) is 0 Å². The summed E-state index contributed by atoms with van der Waals surface area (Å²) < 4.78 is 6.60. The minimum absolute atomic E-state index is 0.191. The highest BCUT2D eigenvalue weighted by atomic mass is 16.3. The molecule has 0 spiro atoms. The fourth-order valence-corrected chi connectivity index (χ4v) is 7.76. The van der Waals surface area contributed by atoms with Crippen LogP contribution >= 0.6 is 0 Å². The number of fused-ring (bicyclic) bond motifs is 1. The molecule has 278 valence electrons. The number of para-hydroxylation sites is 1. The van der Waals surface area contributed by atoms with Gasteiger partial charge in [0, 0.05) is 33.7 Å². The lowest BCUT2D eigenvalue weighted by Gasteiger charge is -2.30. The van der Waals surface area contributed by atoms with Gasteiger partial charge < -0.3 is 9.52 Å².